The molecule has 1 unspecified atom stereocenters. The molecule has 10 nitrogen and oxygen atoms in total. The summed E-state index contributed by atoms with van der Waals surface area (Å²) in [6.07, 6.45) is 6.60. The minimum absolute atomic E-state index is 0.109. The number of nitrogens with zero attached hydrogens (tertiary/aromatic N) is 5. The molecule has 1 aromatic carbocycles. The van der Waals surface area contributed by atoms with E-state index in [1.807, 2.05) is 27.0 Å². The number of amides is 1. The average molecular weight is 580 g/mol. The lowest BCUT2D eigenvalue weighted by Gasteiger charge is -2.40. The molecule has 1 saturated heterocycles. The van der Waals surface area contributed by atoms with Crippen LogP contribution in [0, 0.1) is 5.92 Å². The van der Waals surface area contributed by atoms with Crippen LogP contribution in [0.1, 0.15) is 78.0 Å². The fourth-order valence-corrected chi connectivity index (χ4v) is 6.23. The van der Waals surface area contributed by atoms with Gasteiger partial charge in [0.25, 0.3) is 0 Å². The number of aromatic nitrogens is 2. The minimum Gasteiger partial charge on any atom is -0.444 e. The molecule has 5 rings (SSSR count). The molecule has 230 valence electrons. The highest BCUT2D eigenvalue weighted by molar-refractivity contribution is 5.83. The summed E-state index contributed by atoms with van der Waals surface area (Å²) >= 11 is 0. The molecule has 1 aromatic heterocycles. The Kier molecular flexibility index (Phi) is 9.42. The first kappa shape index (κ1) is 30.4. The van der Waals surface area contributed by atoms with Crippen molar-refractivity contribution in [2.45, 2.75) is 84.1 Å². The van der Waals surface area contributed by atoms with E-state index in [0.717, 1.165) is 99.4 Å². The van der Waals surface area contributed by atoms with E-state index in [4.69, 9.17) is 9.72 Å². The van der Waals surface area contributed by atoms with Crippen LogP contribution in [0.4, 0.5) is 22.2 Å². The number of aliphatic hydroxyl groups is 1. The number of nitrogens with one attached hydrogen (secondary N) is 2. The Bertz CT molecular complexity index is 1220. The quantitative estimate of drug-likeness (QED) is 0.373. The van der Waals surface area contributed by atoms with Crippen molar-refractivity contribution in [3.8, 4) is 11.1 Å². The zero-order valence-electron chi connectivity index (χ0n) is 26.0. The summed E-state index contributed by atoms with van der Waals surface area (Å²) in [6.45, 7) is 13.3. The molecular weight excluding hydrogens is 530 g/mol. The third kappa shape index (κ3) is 7.26. The van der Waals surface area contributed by atoms with Crippen molar-refractivity contribution in [3.63, 3.8) is 0 Å². The first-order valence-electron chi connectivity index (χ1n) is 15.7. The van der Waals surface area contributed by atoms with Gasteiger partial charge in [0.2, 0.25) is 5.95 Å². The maximum absolute atomic E-state index is 12.3. The molecule has 1 aliphatic carbocycles. The van der Waals surface area contributed by atoms with Gasteiger partial charge in [-0.05, 0) is 83.5 Å². The number of carbonyl (C=O) groups is 1. The predicted molar refractivity (Wildman–Crippen MR) is 168 cm³/mol. The summed E-state index contributed by atoms with van der Waals surface area (Å²) in [5.74, 6) is 1.76. The van der Waals surface area contributed by atoms with Gasteiger partial charge in [-0.2, -0.15) is 4.98 Å². The van der Waals surface area contributed by atoms with Gasteiger partial charge in [-0.3, -0.25) is 0 Å². The van der Waals surface area contributed by atoms with Crippen molar-refractivity contribution in [1.29, 1.82) is 0 Å². The van der Waals surface area contributed by atoms with Gasteiger partial charge in [0, 0.05) is 68.3 Å². The maximum Gasteiger partial charge on any atom is 0.407 e. The van der Waals surface area contributed by atoms with Crippen LogP contribution in [-0.2, 0) is 4.74 Å². The number of benzene rings is 1. The average Bonchev–Trinajstić information content (AvgIpc) is 2.95. The van der Waals surface area contributed by atoms with Crippen molar-refractivity contribution in [2.75, 3.05) is 61.4 Å². The summed E-state index contributed by atoms with van der Waals surface area (Å²) in [6, 6.07) is 6.57. The number of piperazine rings is 1. The smallest absolute Gasteiger partial charge is 0.407 e. The highest BCUT2D eigenvalue weighted by Gasteiger charge is 2.35. The van der Waals surface area contributed by atoms with E-state index in [9.17, 15) is 9.90 Å². The fraction of sp³-hybridized carbons (Fsp3) is 0.656. The molecular formula is C32H49N7O3. The van der Waals surface area contributed by atoms with Gasteiger partial charge in [0.15, 0.2) is 6.23 Å². The largest absolute Gasteiger partial charge is 0.444 e. The zero-order valence-corrected chi connectivity index (χ0v) is 26.0. The van der Waals surface area contributed by atoms with E-state index in [1.165, 1.54) is 0 Å². The highest BCUT2D eigenvalue weighted by Crippen LogP contribution is 2.45. The predicted octanol–water partition coefficient (Wildman–Crippen LogP) is 5.00. The lowest BCUT2D eigenvalue weighted by atomic mass is 9.85. The van der Waals surface area contributed by atoms with Gasteiger partial charge in [0.05, 0.1) is 0 Å². The van der Waals surface area contributed by atoms with Crippen LogP contribution in [0.25, 0.3) is 11.1 Å². The van der Waals surface area contributed by atoms with Gasteiger partial charge >= 0.3 is 6.09 Å². The molecule has 2 fully saturated rings. The Morgan fingerprint density at radius 2 is 1.83 bits per heavy atom. The van der Waals surface area contributed by atoms with E-state index < -0.39 is 11.8 Å². The Hall–Kier alpha value is -3.11. The number of likely N-dealkylation sites (N-methyl/N-ethyl adjacent to an activating group) is 1. The monoisotopic (exact) mass is 579 g/mol. The highest BCUT2D eigenvalue weighted by atomic mass is 16.6. The molecule has 1 amide bonds. The van der Waals surface area contributed by atoms with Gasteiger partial charge in [-0.1, -0.05) is 19.4 Å². The van der Waals surface area contributed by atoms with Crippen LogP contribution >= 0.6 is 0 Å². The number of aliphatic hydroxyl groups excluding tert-OH is 1. The van der Waals surface area contributed by atoms with Crippen LogP contribution in [0.3, 0.4) is 0 Å². The number of fused-ring (bicyclic) bond motifs is 3. The summed E-state index contributed by atoms with van der Waals surface area (Å²) in [7, 11) is 2.16. The lowest BCUT2D eigenvalue weighted by Crippen LogP contribution is -2.44. The van der Waals surface area contributed by atoms with Crippen LogP contribution in [0.15, 0.2) is 24.4 Å². The lowest BCUT2D eigenvalue weighted by molar-refractivity contribution is 0.0487. The molecule has 1 saturated carbocycles. The summed E-state index contributed by atoms with van der Waals surface area (Å²) < 4.78 is 5.46. The molecule has 0 bridgehead atoms. The minimum atomic E-state index is -0.795. The Balaban J connectivity index is 1.35. The normalized spacial score (nSPS) is 22.8. The number of unbranched alkanes of at least 4 members (excludes halogenated alkanes) is 1. The van der Waals surface area contributed by atoms with Gasteiger partial charge in [-0.25, -0.2) is 9.78 Å². The number of anilines is 3. The van der Waals surface area contributed by atoms with E-state index >= 15 is 0 Å². The molecule has 3 aliphatic rings. The van der Waals surface area contributed by atoms with Gasteiger partial charge in [0.1, 0.15) is 11.4 Å². The molecule has 0 radical (unpaired) electrons. The molecule has 2 aliphatic heterocycles. The van der Waals surface area contributed by atoms with Gasteiger partial charge in [-0.15, -0.1) is 0 Å². The van der Waals surface area contributed by atoms with Crippen molar-refractivity contribution in [1.82, 2.24) is 20.2 Å². The summed E-state index contributed by atoms with van der Waals surface area (Å²) in [5, 5.41) is 18.3. The molecule has 0 spiro atoms. The third-order valence-electron chi connectivity index (χ3n) is 8.64. The van der Waals surface area contributed by atoms with Gasteiger partial charge < -0.3 is 35.2 Å². The second-order valence-electron chi connectivity index (χ2n) is 13.2. The topological polar surface area (TPSA) is 106 Å². The SMILES string of the molecule is CCCCNc1ncc2c(n1)N(CC1CCC(NC(=O)OC(C)(C)C)CC1)C(O)c1cc(N3CCN(C)CC3)ccc1-2. The first-order chi connectivity index (χ1) is 20.1. The molecule has 2 aromatic rings. The molecule has 42 heavy (non-hydrogen) atoms. The Morgan fingerprint density at radius 3 is 2.52 bits per heavy atom. The molecule has 1 atom stereocenters. The second-order valence-corrected chi connectivity index (χ2v) is 13.2. The number of alkyl carbamates (subject to hydrolysis) is 1. The standard InChI is InChI=1S/C32H49N7O3/c1-6-7-14-33-30-34-20-27-25-13-12-24(38-17-15-37(5)16-18-38)19-26(25)29(40)39(28(27)36-30)21-22-8-10-23(11-9-22)35-31(41)42-32(2,3)4/h12-13,19-20,22-23,29,40H,6-11,14-18,21H2,1-5H3,(H,35,41)(H,33,34,36). The molecule has 3 heterocycles. The van der Waals surface area contributed by atoms with E-state index in [1.54, 1.807) is 0 Å². The Labute approximate surface area is 250 Å². The Morgan fingerprint density at radius 1 is 1.10 bits per heavy atom. The number of hydrogen-bond acceptors (Lipinski definition) is 9. The van der Waals surface area contributed by atoms with Crippen molar-refractivity contribution >= 4 is 23.5 Å². The maximum atomic E-state index is 12.3. The van der Waals surface area contributed by atoms with E-state index in [2.05, 4.69) is 62.5 Å². The second kappa shape index (κ2) is 13.0. The van der Waals surface area contributed by atoms with E-state index in [-0.39, 0.29) is 12.1 Å². The first-order valence-corrected chi connectivity index (χ1v) is 15.7. The number of rotatable bonds is 8. The fourth-order valence-electron chi connectivity index (χ4n) is 6.23. The number of hydrogen-bond donors (Lipinski definition) is 3. The summed E-state index contributed by atoms with van der Waals surface area (Å²) in [4.78, 5) is 28.7. The van der Waals surface area contributed by atoms with E-state index in [0.29, 0.717) is 18.4 Å². The van der Waals surface area contributed by atoms with Crippen molar-refractivity contribution < 1.29 is 14.6 Å². The molecule has 3 N–H and O–H groups in total. The number of ether oxygens (including phenoxy) is 1. The number of carbonyl (C=O) groups excluding carboxylic acids is 1. The summed E-state index contributed by atoms with van der Waals surface area (Å²) in [5.41, 5.74) is 3.51. The van der Waals surface area contributed by atoms with Crippen molar-refractivity contribution in [2.24, 2.45) is 5.92 Å². The van der Waals surface area contributed by atoms with Crippen LogP contribution < -0.4 is 20.4 Å². The van der Waals surface area contributed by atoms with Crippen LogP contribution in [0.2, 0.25) is 0 Å². The zero-order chi connectivity index (χ0) is 29.9. The van der Waals surface area contributed by atoms with Crippen LogP contribution in [-0.4, -0.2) is 84.0 Å². The third-order valence-corrected chi connectivity index (χ3v) is 8.64. The van der Waals surface area contributed by atoms with Crippen molar-refractivity contribution in [3.05, 3.63) is 30.0 Å². The van der Waals surface area contributed by atoms with Crippen LogP contribution in [0.5, 0.6) is 0 Å². The molecule has 10 heteroatoms.